The zero-order chi connectivity index (χ0) is 19.8. The number of fused-ring (bicyclic) bond motifs is 2. The van der Waals surface area contributed by atoms with Crippen LogP contribution in [-0.4, -0.2) is 50.7 Å². The second-order valence-corrected chi connectivity index (χ2v) is 9.15. The second kappa shape index (κ2) is 5.49. The summed E-state index contributed by atoms with van der Waals surface area (Å²) in [6.45, 7) is 11.3. The van der Waals surface area contributed by atoms with Crippen molar-refractivity contribution in [1.82, 2.24) is 9.80 Å². The predicted octanol–water partition coefficient (Wildman–Crippen LogP) is 2.11. The fourth-order valence-corrected chi connectivity index (χ4v) is 5.04. The number of rotatable bonds is 1. The number of nitrogens with zero attached hydrogens (tertiary/aromatic N) is 3. The van der Waals surface area contributed by atoms with Gasteiger partial charge in [-0.25, -0.2) is 6.57 Å². The Morgan fingerprint density at radius 1 is 1.19 bits per heavy atom. The van der Waals surface area contributed by atoms with Crippen molar-refractivity contribution in [2.45, 2.75) is 41.6 Å². The summed E-state index contributed by atoms with van der Waals surface area (Å²) in [5.41, 5.74) is -0.334. The van der Waals surface area contributed by atoms with Gasteiger partial charge < -0.3 is 24.1 Å². The van der Waals surface area contributed by atoms with Crippen LogP contribution in [0.25, 0.3) is 4.85 Å². The maximum atomic E-state index is 13.4. The molecule has 7 nitrogen and oxygen atoms in total. The molecule has 1 unspecified atom stereocenters. The van der Waals surface area contributed by atoms with Gasteiger partial charge in [-0.3, -0.25) is 9.59 Å². The first-order chi connectivity index (χ1) is 12.6. The highest BCUT2D eigenvalue weighted by molar-refractivity contribution is 7.83. The highest BCUT2D eigenvalue weighted by Gasteiger charge is 2.71. The SMILES string of the molecule is [C-]#[N+][C@@]1(C)C[C@]2(S)C(=O)N(C)C(C)(S)C(=O)N2[C@H]1c1ccc2c(c1)OCO2. The maximum absolute atomic E-state index is 13.4. The molecule has 0 aromatic heterocycles. The van der Waals surface area contributed by atoms with Crippen LogP contribution in [0.4, 0.5) is 0 Å². The minimum Gasteiger partial charge on any atom is -0.454 e. The lowest BCUT2D eigenvalue weighted by molar-refractivity contribution is -0.163. The van der Waals surface area contributed by atoms with Gasteiger partial charge in [0.2, 0.25) is 6.79 Å². The average molecular weight is 406 g/mol. The number of ether oxygens (including phenoxy) is 2. The topological polar surface area (TPSA) is 63.4 Å². The Bertz CT molecular complexity index is 914. The standard InChI is InChI=1S/C18H19N3O4S2/c1-16(19-3)8-18(27)15(23)20(4)17(2,26)14(22)21(18)13(16)10-5-6-11-12(7-10)25-9-24-11/h5-7,13,26-27H,8-9H2,1-2,4H3/t13-,16-,17?,18-/m0/s1. The van der Waals surface area contributed by atoms with Crippen molar-refractivity contribution >= 4 is 37.1 Å². The number of carbonyl (C=O) groups is 2. The molecule has 9 heteroatoms. The molecule has 2 saturated heterocycles. The van der Waals surface area contributed by atoms with Crippen molar-refractivity contribution < 1.29 is 19.1 Å². The van der Waals surface area contributed by atoms with E-state index in [1.54, 1.807) is 32.0 Å². The zero-order valence-corrected chi connectivity index (χ0v) is 16.9. The lowest BCUT2D eigenvalue weighted by Gasteiger charge is -2.49. The van der Waals surface area contributed by atoms with Crippen LogP contribution < -0.4 is 9.47 Å². The van der Waals surface area contributed by atoms with E-state index in [0.717, 1.165) is 0 Å². The third-order valence-electron chi connectivity index (χ3n) is 5.74. The maximum Gasteiger partial charge on any atom is 0.260 e. The van der Waals surface area contributed by atoms with E-state index in [-0.39, 0.29) is 25.0 Å². The smallest absolute Gasteiger partial charge is 0.260 e. The molecule has 2 amide bonds. The average Bonchev–Trinajstić information content (AvgIpc) is 3.19. The minimum absolute atomic E-state index is 0.116. The number of likely N-dealkylation sites (N-methyl/N-ethyl adjacent to an activating group) is 1. The van der Waals surface area contributed by atoms with Crippen molar-refractivity contribution in [3.8, 4) is 11.5 Å². The highest BCUT2D eigenvalue weighted by atomic mass is 32.1. The summed E-state index contributed by atoms with van der Waals surface area (Å²) in [6.07, 6.45) is 0.116. The second-order valence-electron chi connectivity index (χ2n) is 7.54. The first kappa shape index (κ1) is 18.3. The molecular formula is C18H19N3O4S2. The first-order valence-corrected chi connectivity index (χ1v) is 9.31. The molecule has 1 aromatic rings. The number of carbonyl (C=O) groups excluding carboxylic acids is 2. The Morgan fingerprint density at radius 2 is 1.85 bits per heavy atom. The molecule has 2 fully saturated rings. The van der Waals surface area contributed by atoms with Gasteiger partial charge in [-0.05, 0) is 24.6 Å². The van der Waals surface area contributed by atoms with Gasteiger partial charge >= 0.3 is 0 Å². The van der Waals surface area contributed by atoms with Crippen LogP contribution in [-0.2, 0) is 9.59 Å². The molecule has 27 heavy (non-hydrogen) atoms. The number of amides is 2. The van der Waals surface area contributed by atoms with Gasteiger partial charge in [-0.1, -0.05) is 6.07 Å². The van der Waals surface area contributed by atoms with Crippen LogP contribution in [0.1, 0.15) is 31.9 Å². The molecular weight excluding hydrogens is 386 g/mol. The molecule has 0 saturated carbocycles. The quantitative estimate of drug-likeness (QED) is 0.555. The lowest BCUT2D eigenvalue weighted by Crippen LogP contribution is -2.69. The Kier molecular flexibility index (Phi) is 3.72. The van der Waals surface area contributed by atoms with Gasteiger partial charge in [-0.2, -0.15) is 0 Å². The van der Waals surface area contributed by atoms with Gasteiger partial charge in [0.05, 0.1) is 6.42 Å². The molecule has 0 radical (unpaired) electrons. The molecule has 1 aromatic carbocycles. The summed E-state index contributed by atoms with van der Waals surface area (Å²) in [5.74, 6) is 0.454. The molecule has 3 aliphatic rings. The number of benzene rings is 1. The Morgan fingerprint density at radius 3 is 2.52 bits per heavy atom. The molecule has 3 aliphatic heterocycles. The lowest BCUT2D eigenvalue weighted by atomic mass is 9.87. The van der Waals surface area contributed by atoms with Crippen LogP contribution in [0, 0.1) is 6.57 Å². The number of hydrogen-bond acceptors (Lipinski definition) is 6. The molecule has 0 spiro atoms. The van der Waals surface area contributed by atoms with Gasteiger partial charge in [0.25, 0.3) is 17.4 Å². The van der Waals surface area contributed by atoms with Crippen molar-refractivity contribution in [2.75, 3.05) is 13.8 Å². The van der Waals surface area contributed by atoms with E-state index < -0.39 is 21.3 Å². The van der Waals surface area contributed by atoms with E-state index in [4.69, 9.17) is 16.0 Å². The zero-order valence-electron chi connectivity index (χ0n) is 15.1. The van der Waals surface area contributed by atoms with Crippen molar-refractivity contribution in [1.29, 1.82) is 0 Å². The number of thiol groups is 2. The molecule has 4 rings (SSSR count). The molecule has 142 valence electrons. The number of hydrogen-bond donors (Lipinski definition) is 2. The highest BCUT2D eigenvalue weighted by Crippen LogP contribution is 2.57. The molecule has 0 N–H and O–H groups in total. The van der Waals surface area contributed by atoms with E-state index >= 15 is 0 Å². The van der Waals surface area contributed by atoms with Crippen LogP contribution in [0.15, 0.2) is 18.2 Å². The van der Waals surface area contributed by atoms with Crippen LogP contribution in [0.3, 0.4) is 0 Å². The summed E-state index contributed by atoms with van der Waals surface area (Å²) in [6, 6.07) is 4.65. The van der Waals surface area contributed by atoms with Crippen LogP contribution in [0.5, 0.6) is 11.5 Å². The summed E-state index contributed by atoms with van der Waals surface area (Å²) in [4.78, 5) is 30.3. The largest absolute Gasteiger partial charge is 0.454 e. The van der Waals surface area contributed by atoms with Gasteiger partial charge in [0, 0.05) is 14.0 Å². The summed E-state index contributed by atoms with van der Waals surface area (Å²) in [7, 11) is 1.53. The Labute approximate surface area is 168 Å². The van der Waals surface area contributed by atoms with E-state index in [2.05, 4.69) is 30.1 Å². The van der Waals surface area contributed by atoms with Gasteiger partial charge in [-0.15, -0.1) is 25.3 Å². The van der Waals surface area contributed by atoms with E-state index in [0.29, 0.717) is 17.1 Å². The Balaban J connectivity index is 1.91. The predicted molar refractivity (Wildman–Crippen MR) is 104 cm³/mol. The van der Waals surface area contributed by atoms with E-state index in [1.807, 2.05) is 0 Å². The van der Waals surface area contributed by atoms with Crippen molar-refractivity contribution in [3.05, 3.63) is 35.2 Å². The van der Waals surface area contributed by atoms with E-state index in [9.17, 15) is 9.59 Å². The van der Waals surface area contributed by atoms with Crippen molar-refractivity contribution in [2.24, 2.45) is 0 Å². The summed E-state index contributed by atoms with van der Waals surface area (Å²) >= 11 is 9.09. The van der Waals surface area contributed by atoms with Gasteiger partial charge in [0.15, 0.2) is 21.2 Å². The van der Waals surface area contributed by atoms with Gasteiger partial charge in [0.1, 0.15) is 6.04 Å². The normalized spacial score (nSPS) is 37.4. The summed E-state index contributed by atoms with van der Waals surface area (Å²) in [5, 5.41) is 0. The third kappa shape index (κ3) is 2.23. The van der Waals surface area contributed by atoms with Crippen LogP contribution >= 0.6 is 25.3 Å². The fraction of sp³-hybridized carbons (Fsp3) is 0.500. The fourth-order valence-electron chi connectivity index (χ4n) is 4.17. The minimum atomic E-state index is -1.41. The van der Waals surface area contributed by atoms with E-state index in [1.165, 1.54) is 16.8 Å². The first-order valence-electron chi connectivity index (χ1n) is 8.41. The molecule has 4 atom stereocenters. The molecule has 3 heterocycles. The van der Waals surface area contributed by atoms with Crippen molar-refractivity contribution in [3.63, 3.8) is 0 Å². The third-order valence-corrected chi connectivity index (χ3v) is 6.80. The summed E-state index contributed by atoms with van der Waals surface area (Å²) < 4.78 is 10.8. The molecule has 0 bridgehead atoms. The Hall–Kier alpha value is -2.05. The van der Waals surface area contributed by atoms with Crippen LogP contribution in [0.2, 0.25) is 0 Å². The number of piperazine rings is 1. The monoisotopic (exact) mass is 405 g/mol. The molecule has 0 aliphatic carbocycles.